The van der Waals surface area contributed by atoms with Gasteiger partial charge in [-0.1, -0.05) is 43.5 Å². The molecular weight excluding hydrogens is 440 g/mol. The second-order valence-corrected chi connectivity index (χ2v) is 10.2. The van der Waals surface area contributed by atoms with Gasteiger partial charge < -0.3 is 9.45 Å². The van der Waals surface area contributed by atoms with Gasteiger partial charge in [-0.3, -0.25) is 23.5 Å². The molecule has 0 radical (unpaired) electrons. The van der Waals surface area contributed by atoms with Crippen LogP contribution in [-0.4, -0.2) is 67.1 Å². The first-order chi connectivity index (χ1) is 15.9. The molecule has 33 heavy (non-hydrogen) atoms. The zero-order valence-corrected chi connectivity index (χ0v) is 19.1. The molecule has 2 aliphatic carbocycles. The molecule has 2 fully saturated rings. The van der Waals surface area contributed by atoms with E-state index in [0.29, 0.717) is 61.3 Å². The topological polar surface area (TPSA) is 97.8 Å². The monoisotopic (exact) mass is 465 g/mol. The molecule has 0 N–H and O–H groups in total. The second kappa shape index (κ2) is 8.59. The van der Waals surface area contributed by atoms with Crippen LogP contribution in [0, 0.1) is 0 Å². The lowest BCUT2D eigenvalue weighted by Crippen LogP contribution is -2.60. The number of carbonyl (C=O) groups is 3. The molecule has 0 spiro atoms. The number of carbonyl (C=O) groups excluding carboxylic acids is 3. The number of ketones is 2. The number of piperazine rings is 1. The average molecular weight is 466 g/mol. The first-order valence-electron chi connectivity index (χ1n) is 11.4. The number of benzene rings is 2. The molecule has 7 nitrogen and oxygen atoms in total. The van der Waals surface area contributed by atoms with Gasteiger partial charge in [0, 0.05) is 54.0 Å². The van der Waals surface area contributed by atoms with Crippen LogP contribution in [-0.2, 0) is 11.1 Å². The quantitative estimate of drug-likeness (QED) is 0.552. The molecule has 1 heterocycles. The normalized spacial score (nSPS) is 21.3. The highest BCUT2D eigenvalue weighted by molar-refractivity contribution is 7.80. The zero-order chi connectivity index (χ0) is 23.2. The van der Waals surface area contributed by atoms with E-state index in [1.165, 1.54) is 6.07 Å². The van der Waals surface area contributed by atoms with Crippen molar-refractivity contribution < 1.29 is 23.1 Å². The Hall–Kier alpha value is -2.68. The summed E-state index contributed by atoms with van der Waals surface area (Å²) in [6.45, 7) is 1.83. The van der Waals surface area contributed by atoms with Crippen molar-refractivity contribution in [1.29, 1.82) is 0 Å². The molecular formula is C25H25N2O5S-. The summed E-state index contributed by atoms with van der Waals surface area (Å²) >= 11 is -2.19. The molecule has 1 aliphatic heterocycles. The Kier molecular flexibility index (Phi) is 5.76. The molecule has 0 aromatic heterocycles. The number of fused-ring (bicyclic) bond motifs is 2. The molecule has 1 saturated heterocycles. The van der Waals surface area contributed by atoms with E-state index in [0.717, 1.165) is 19.3 Å². The van der Waals surface area contributed by atoms with E-state index in [2.05, 4.69) is 0 Å². The highest BCUT2D eigenvalue weighted by Gasteiger charge is 2.41. The Labute approximate surface area is 195 Å². The summed E-state index contributed by atoms with van der Waals surface area (Å²) in [6, 6.07) is 11.4. The molecule has 1 saturated carbocycles. The van der Waals surface area contributed by atoms with E-state index >= 15 is 0 Å². The average Bonchev–Trinajstić information content (AvgIpc) is 2.87. The third-order valence-electron chi connectivity index (χ3n) is 7.26. The van der Waals surface area contributed by atoms with Gasteiger partial charge in [0.25, 0.3) is 5.91 Å². The minimum atomic E-state index is -2.19. The summed E-state index contributed by atoms with van der Waals surface area (Å²) in [7, 11) is 0. The van der Waals surface area contributed by atoms with Crippen molar-refractivity contribution in [3.05, 3.63) is 70.3 Å². The van der Waals surface area contributed by atoms with Gasteiger partial charge >= 0.3 is 0 Å². The van der Waals surface area contributed by atoms with E-state index in [1.54, 1.807) is 41.3 Å². The molecule has 2 aromatic carbocycles. The first-order valence-corrected chi connectivity index (χ1v) is 12.5. The summed E-state index contributed by atoms with van der Waals surface area (Å²) in [4.78, 5) is 41.9. The smallest absolute Gasteiger partial charge is 0.253 e. The summed E-state index contributed by atoms with van der Waals surface area (Å²) in [5.41, 5.74) is 1.68. The predicted molar refractivity (Wildman–Crippen MR) is 122 cm³/mol. The molecule has 2 aromatic rings. The van der Waals surface area contributed by atoms with Crippen LogP contribution in [0.2, 0.25) is 0 Å². The van der Waals surface area contributed by atoms with Crippen LogP contribution >= 0.6 is 0 Å². The second-order valence-electron chi connectivity index (χ2n) is 8.99. The van der Waals surface area contributed by atoms with Gasteiger partial charge in [-0.2, -0.15) is 0 Å². The number of hydrogen-bond acceptors (Lipinski definition) is 6. The van der Waals surface area contributed by atoms with Crippen LogP contribution in [0.25, 0.3) is 0 Å². The van der Waals surface area contributed by atoms with Crippen molar-refractivity contribution in [2.24, 2.45) is 0 Å². The van der Waals surface area contributed by atoms with Gasteiger partial charge in [0.15, 0.2) is 11.6 Å². The lowest BCUT2D eigenvalue weighted by atomic mass is 9.83. The van der Waals surface area contributed by atoms with Crippen LogP contribution in [0.15, 0.2) is 42.5 Å². The van der Waals surface area contributed by atoms with Crippen molar-refractivity contribution in [3.63, 3.8) is 0 Å². The molecule has 172 valence electrons. The summed E-state index contributed by atoms with van der Waals surface area (Å²) in [5.74, 6) is -0.675. The third kappa shape index (κ3) is 3.66. The van der Waals surface area contributed by atoms with Crippen LogP contribution in [0.1, 0.15) is 74.3 Å². The Morgan fingerprint density at radius 1 is 0.818 bits per heavy atom. The van der Waals surface area contributed by atoms with Crippen molar-refractivity contribution in [1.82, 2.24) is 9.80 Å². The lowest BCUT2D eigenvalue weighted by molar-refractivity contribution is 0.0419. The Morgan fingerprint density at radius 2 is 1.39 bits per heavy atom. The largest absolute Gasteiger partial charge is 0.771 e. The van der Waals surface area contributed by atoms with E-state index in [1.807, 2.05) is 4.90 Å². The molecule has 1 amide bonds. The van der Waals surface area contributed by atoms with Gasteiger partial charge in [-0.05, 0) is 42.1 Å². The predicted octanol–water partition coefficient (Wildman–Crippen LogP) is 2.76. The molecule has 0 bridgehead atoms. The van der Waals surface area contributed by atoms with E-state index in [4.69, 9.17) is 0 Å². The molecule has 1 atom stereocenters. The molecule has 1 unspecified atom stereocenters. The van der Waals surface area contributed by atoms with Crippen LogP contribution in [0.5, 0.6) is 0 Å². The maximum Gasteiger partial charge on any atom is 0.253 e. The maximum absolute atomic E-state index is 13.2. The zero-order valence-electron chi connectivity index (χ0n) is 18.2. The molecule has 3 aliphatic rings. The van der Waals surface area contributed by atoms with Crippen LogP contribution in [0.4, 0.5) is 0 Å². The van der Waals surface area contributed by atoms with Gasteiger partial charge in [-0.25, -0.2) is 0 Å². The van der Waals surface area contributed by atoms with Crippen molar-refractivity contribution in [2.75, 3.05) is 26.2 Å². The fraction of sp³-hybridized carbons (Fsp3) is 0.400. The fourth-order valence-corrected chi connectivity index (χ4v) is 6.44. The number of amides is 1. The molecule has 8 heteroatoms. The minimum Gasteiger partial charge on any atom is -0.771 e. The van der Waals surface area contributed by atoms with Gasteiger partial charge in [0.2, 0.25) is 0 Å². The Bertz CT molecular complexity index is 1160. The highest BCUT2D eigenvalue weighted by atomic mass is 32.2. The summed E-state index contributed by atoms with van der Waals surface area (Å²) in [6.07, 6.45) is 4.14. The summed E-state index contributed by atoms with van der Waals surface area (Å²) < 4.78 is 24.2. The summed E-state index contributed by atoms with van der Waals surface area (Å²) in [5, 5.41) is 0. The third-order valence-corrected chi connectivity index (χ3v) is 8.55. The Morgan fingerprint density at radius 3 is 2.00 bits per heavy atom. The van der Waals surface area contributed by atoms with E-state index in [-0.39, 0.29) is 23.0 Å². The van der Waals surface area contributed by atoms with Gasteiger partial charge in [-0.15, -0.1) is 0 Å². The highest BCUT2D eigenvalue weighted by Crippen LogP contribution is 2.37. The number of hydrogen-bond donors (Lipinski definition) is 0. The van der Waals surface area contributed by atoms with E-state index in [9.17, 15) is 23.1 Å². The standard InChI is InChI=1S/C25H26N2O5S/c28-22-18-6-2-3-7-19(18)23(29)21-16-17(8-9-20(21)22)24(30)26-12-14-27(15-13-26)25(33(31)32)10-4-1-5-11-25/h2-3,6-9,16H,1,4-5,10-15H2,(H,31,32)/p-1. The number of rotatable bonds is 3. The van der Waals surface area contributed by atoms with Gasteiger partial charge in [0.1, 0.15) is 0 Å². The van der Waals surface area contributed by atoms with Crippen LogP contribution < -0.4 is 0 Å². The SMILES string of the molecule is O=C1c2ccccc2C(=O)c2cc(C(=O)N3CCN(C4(S(=O)[O-])CCCCC4)CC3)ccc21. The van der Waals surface area contributed by atoms with Gasteiger partial charge in [0.05, 0.1) is 4.87 Å². The lowest BCUT2D eigenvalue weighted by Gasteiger charge is -2.50. The maximum atomic E-state index is 13.2. The van der Waals surface area contributed by atoms with Crippen LogP contribution in [0.3, 0.4) is 0 Å². The number of nitrogens with zero attached hydrogens (tertiary/aromatic N) is 2. The van der Waals surface area contributed by atoms with Crippen molar-refractivity contribution in [2.45, 2.75) is 37.0 Å². The van der Waals surface area contributed by atoms with Crippen molar-refractivity contribution >= 4 is 28.6 Å². The Balaban J connectivity index is 1.34. The fourth-order valence-electron chi connectivity index (χ4n) is 5.42. The first kappa shape index (κ1) is 22.1. The van der Waals surface area contributed by atoms with E-state index < -0.39 is 16.0 Å². The van der Waals surface area contributed by atoms with Crippen molar-refractivity contribution in [3.8, 4) is 0 Å². The molecule has 5 rings (SSSR count). The minimum absolute atomic E-state index is 0.211.